The van der Waals surface area contributed by atoms with Crippen molar-refractivity contribution in [1.29, 1.82) is 0 Å². The largest absolute Gasteiger partial charge is 0.459 e. The minimum Gasteiger partial charge on any atom is -0.459 e. The Morgan fingerprint density at radius 3 is 2.88 bits per heavy atom. The van der Waals surface area contributed by atoms with Crippen molar-refractivity contribution in [2.24, 2.45) is 5.92 Å². The smallest absolute Gasteiger partial charge is 0.339 e. The zero-order valence-electron chi connectivity index (χ0n) is 9.68. The number of pyridine rings is 1. The van der Waals surface area contributed by atoms with Crippen LogP contribution in [0.25, 0.3) is 0 Å². The molecule has 0 aromatic carbocycles. The molecule has 0 amide bonds. The quantitative estimate of drug-likeness (QED) is 0.825. The highest BCUT2D eigenvalue weighted by Gasteiger charge is 2.16. The van der Waals surface area contributed by atoms with Crippen molar-refractivity contribution in [3.8, 4) is 0 Å². The topological polar surface area (TPSA) is 85.4 Å². The second-order valence-corrected chi connectivity index (χ2v) is 4.85. The Labute approximate surface area is 108 Å². The zero-order chi connectivity index (χ0) is 13.0. The molecule has 0 radical (unpaired) electrons. The van der Waals surface area contributed by atoms with Gasteiger partial charge in [-0.1, -0.05) is 13.8 Å². The number of hydrogen-bond donors (Lipinski definition) is 2. The van der Waals surface area contributed by atoms with Crippen LogP contribution in [-0.4, -0.2) is 28.8 Å². The summed E-state index contributed by atoms with van der Waals surface area (Å²) in [7, 11) is 0. The van der Waals surface area contributed by atoms with Gasteiger partial charge in [0.1, 0.15) is 12.4 Å². The number of nitrogens with zero attached hydrogens (tertiary/aromatic N) is 1. The van der Waals surface area contributed by atoms with Crippen LogP contribution in [-0.2, 0) is 4.74 Å². The molecule has 1 atom stereocenters. The Morgan fingerprint density at radius 1 is 1.65 bits per heavy atom. The highest BCUT2D eigenvalue weighted by molar-refractivity contribution is 9.10. The molecule has 0 fully saturated rings. The molecule has 17 heavy (non-hydrogen) atoms. The van der Waals surface area contributed by atoms with Gasteiger partial charge < -0.3 is 15.6 Å². The molecule has 1 unspecified atom stereocenters. The fourth-order valence-corrected chi connectivity index (χ4v) is 1.42. The Morgan fingerprint density at radius 2 is 2.29 bits per heavy atom. The van der Waals surface area contributed by atoms with Crippen molar-refractivity contribution >= 4 is 27.7 Å². The summed E-state index contributed by atoms with van der Waals surface area (Å²) >= 11 is 3.19. The molecule has 0 spiro atoms. The standard InChI is InChI=1S/C11H15BrN2O3/c1-6(2)9(15)5-17-11(16)7-3-10(13)14-4-8(7)12/h3-4,6,9,15H,5H2,1-2H3,(H2,13,14). The summed E-state index contributed by atoms with van der Waals surface area (Å²) in [6.45, 7) is 3.66. The van der Waals surface area contributed by atoms with Crippen molar-refractivity contribution in [3.05, 3.63) is 22.3 Å². The number of nitrogen functional groups attached to an aromatic ring is 1. The highest BCUT2D eigenvalue weighted by atomic mass is 79.9. The Balaban J connectivity index is 2.67. The summed E-state index contributed by atoms with van der Waals surface area (Å²) in [5.74, 6) is -0.260. The number of esters is 1. The van der Waals surface area contributed by atoms with Crippen molar-refractivity contribution in [1.82, 2.24) is 4.98 Å². The number of halogens is 1. The monoisotopic (exact) mass is 302 g/mol. The van der Waals surface area contributed by atoms with Gasteiger partial charge in [-0.15, -0.1) is 0 Å². The van der Waals surface area contributed by atoms with E-state index in [4.69, 9.17) is 10.5 Å². The first-order valence-electron chi connectivity index (χ1n) is 5.18. The lowest BCUT2D eigenvalue weighted by molar-refractivity contribution is 0.0136. The van der Waals surface area contributed by atoms with E-state index in [2.05, 4.69) is 20.9 Å². The number of rotatable bonds is 4. The Hall–Kier alpha value is -1.14. The van der Waals surface area contributed by atoms with E-state index >= 15 is 0 Å². The summed E-state index contributed by atoms with van der Waals surface area (Å²) in [6, 6.07) is 1.42. The summed E-state index contributed by atoms with van der Waals surface area (Å²) in [5, 5.41) is 9.52. The maximum atomic E-state index is 11.7. The molecule has 1 heterocycles. The van der Waals surface area contributed by atoms with E-state index in [9.17, 15) is 9.90 Å². The molecule has 0 saturated carbocycles. The van der Waals surface area contributed by atoms with Crippen LogP contribution in [0.15, 0.2) is 16.7 Å². The summed E-state index contributed by atoms with van der Waals surface area (Å²) in [6.07, 6.45) is 0.766. The number of carbonyl (C=O) groups excluding carboxylic acids is 1. The third kappa shape index (κ3) is 3.98. The van der Waals surface area contributed by atoms with Gasteiger partial charge in [0.05, 0.1) is 16.1 Å². The molecule has 1 rings (SSSR count). The zero-order valence-corrected chi connectivity index (χ0v) is 11.3. The number of aliphatic hydroxyl groups excluding tert-OH is 1. The number of nitrogens with two attached hydrogens (primary N) is 1. The molecule has 6 heteroatoms. The molecule has 1 aromatic rings. The first-order valence-corrected chi connectivity index (χ1v) is 5.97. The maximum absolute atomic E-state index is 11.7. The van der Waals surface area contributed by atoms with E-state index in [-0.39, 0.29) is 18.3 Å². The summed E-state index contributed by atoms with van der Waals surface area (Å²) in [5.41, 5.74) is 5.78. The Kier molecular flexibility index (Phi) is 4.89. The predicted octanol–water partition coefficient (Wildman–Crippen LogP) is 1.60. The van der Waals surface area contributed by atoms with Crippen LogP contribution in [0.1, 0.15) is 24.2 Å². The molecule has 5 nitrogen and oxygen atoms in total. The van der Waals surface area contributed by atoms with Crippen LogP contribution in [0, 0.1) is 5.92 Å². The predicted molar refractivity (Wildman–Crippen MR) is 67.5 cm³/mol. The van der Waals surface area contributed by atoms with Crippen LogP contribution in [0.5, 0.6) is 0 Å². The third-order valence-corrected chi connectivity index (χ3v) is 2.88. The average Bonchev–Trinajstić information content (AvgIpc) is 2.28. The molecule has 1 aromatic heterocycles. The number of carbonyl (C=O) groups is 1. The highest BCUT2D eigenvalue weighted by Crippen LogP contribution is 2.18. The van der Waals surface area contributed by atoms with Crippen molar-refractivity contribution in [2.75, 3.05) is 12.3 Å². The van der Waals surface area contributed by atoms with E-state index in [1.807, 2.05) is 13.8 Å². The van der Waals surface area contributed by atoms with Crippen LogP contribution < -0.4 is 5.73 Å². The molecule has 0 aliphatic heterocycles. The van der Waals surface area contributed by atoms with Gasteiger partial charge in [-0.3, -0.25) is 0 Å². The van der Waals surface area contributed by atoms with Gasteiger partial charge >= 0.3 is 5.97 Å². The van der Waals surface area contributed by atoms with Crippen LogP contribution >= 0.6 is 15.9 Å². The molecule has 0 bridgehead atoms. The van der Waals surface area contributed by atoms with Crippen LogP contribution in [0.2, 0.25) is 0 Å². The van der Waals surface area contributed by atoms with E-state index in [1.54, 1.807) is 0 Å². The fourth-order valence-electron chi connectivity index (χ4n) is 1.04. The molecular weight excluding hydrogens is 288 g/mol. The van der Waals surface area contributed by atoms with E-state index in [0.29, 0.717) is 10.0 Å². The van der Waals surface area contributed by atoms with Crippen LogP contribution in [0.4, 0.5) is 5.82 Å². The van der Waals surface area contributed by atoms with Crippen molar-refractivity contribution in [2.45, 2.75) is 20.0 Å². The number of ether oxygens (including phenoxy) is 1. The van der Waals surface area contributed by atoms with Gasteiger partial charge in [-0.2, -0.15) is 0 Å². The van der Waals surface area contributed by atoms with Gasteiger partial charge in [0, 0.05) is 6.20 Å². The van der Waals surface area contributed by atoms with Gasteiger partial charge in [0.15, 0.2) is 0 Å². The molecule has 0 aliphatic carbocycles. The first-order chi connectivity index (χ1) is 7.91. The van der Waals surface area contributed by atoms with E-state index in [0.717, 1.165) is 0 Å². The Bertz CT molecular complexity index is 410. The molecule has 0 aliphatic rings. The lowest BCUT2D eigenvalue weighted by Crippen LogP contribution is -2.23. The normalized spacial score (nSPS) is 12.5. The van der Waals surface area contributed by atoms with Crippen LogP contribution in [0.3, 0.4) is 0 Å². The lowest BCUT2D eigenvalue weighted by Gasteiger charge is -2.14. The number of aliphatic hydroxyl groups is 1. The van der Waals surface area contributed by atoms with Gasteiger partial charge in [-0.05, 0) is 27.9 Å². The van der Waals surface area contributed by atoms with Crippen molar-refractivity contribution in [3.63, 3.8) is 0 Å². The van der Waals surface area contributed by atoms with Gasteiger partial charge in [-0.25, -0.2) is 9.78 Å². The molecular formula is C11H15BrN2O3. The summed E-state index contributed by atoms with van der Waals surface area (Å²) < 4.78 is 5.49. The second-order valence-electron chi connectivity index (χ2n) is 4.00. The summed E-state index contributed by atoms with van der Waals surface area (Å²) in [4.78, 5) is 15.5. The maximum Gasteiger partial charge on any atom is 0.339 e. The first kappa shape index (κ1) is 13.9. The number of aromatic nitrogens is 1. The van der Waals surface area contributed by atoms with Gasteiger partial charge in [0.2, 0.25) is 0 Å². The number of anilines is 1. The minimum atomic E-state index is -0.670. The third-order valence-electron chi connectivity index (χ3n) is 2.25. The van der Waals surface area contributed by atoms with E-state index < -0.39 is 12.1 Å². The average molecular weight is 303 g/mol. The lowest BCUT2D eigenvalue weighted by atomic mass is 10.1. The molecule has 3 N–H and O–H groups in total. The SMILES string of the molecule is CC(C)C(O)COC(=O)c1cc(N)ncc1Br. The van der Waals surface area contributed by atoms with E-state index in [1.165, 1.54) is 12.3 Å². The minimum absolute atomic E-state index is 0.0359. The molecule has 94 valence electrons. The molecule has 0 saturated heterocycles. The fraction of sp³-hybridized carbons (Fsp3) is 0.455. The van der Waals surface area contributed by atoms with Crippen molar-refractivity contribution < 1.29 is 14.6 Å². The van der Waals surface area contributed by atoms with Gasteiger partial charge in [0.25, 0.3) is 0 Å². The second kappa shape index (κ2) is 5.97. The number of hydrogen-bond acceptors (Lipinski definition) is 5.